The van der Waals surface area contributed by atoms with Gasteiger partial charge in [0.1, 0.15) is 10.5 Å². The molecule has 0 aromatic rings. The number of ether oxygens (including phenoxy) is 16. The number of thioether (sulfide) groups is 2. The van der Waals surface area contributed by atoms with Crippen molar-refractivity contribution in [3.8, 4) is 0 Å². The van der Waals surface area contributed by atoms with Crippen LogP contribution in [0.4, 0.5) is 0 Å². The van der Waals surface area contributed by atoms with Crippen LogP contribution in [0.2, 0.25) is 0 Å². The molecule has 0 bridgehead atoms. The van der Waals surface area contributed by atoms with E-state index in [0.29, 0.717) is 64.6 Å². The molecule has 0 spiro atoms. The van der Waals surface area contributed by atoms with Gasteiger partial charge in [0.2, 0.25) is 0 Å². The summed E-state index contributed by atoms with van der Waals surface area (Å²) in [5, 5.41) is -1.81. The smallest absolute Gasteiger partial charge is 0.338 e. The Hall–Kier alpha value is -5.36. The second kappa shape index (κ2) is 59.7. The van der Waals surface area contributed by atoms with Crippen molar-refractivity contribution in [3.63, 3.8) is 0 Å². The van der Waals surface area contributed by atoms with Gasteiger partial charge in [0.05, 0.1) is 145 Å². The first-order valence-electron chi connectivity index (χ1n) is 34.7. The quantitative estimate of drug-likeness (QED) is 0.100. The zero-order chi connectivity index (χ0) is 69.0. The van der Waals surface area contributed by atoms with Gasteiger partial charge in [0, 0.05) is 24.3 Å². The lowest BCUT2D eigenvalue weighted by molar-refractivity contribution is -0.186. The predicted octanol–water partition coefficient (Wildman–Crippen LogP) is 8.53. The average molecular weight is 1410 g/mol. The topological polar surface area (TPSA) is 318 Å². The molecule has 3 aliphatic rings. The van der Waals surface area contributed by atoms with E-state index >= 15 is 0 Å². The molecule has 4 atom stereocenters. The Morgan fingerprint density at radius 3 is 0.833 bits per heavy atom. The Labute approximate surface area is 574 Å². The first-order chi connectivity index (χ1) is 46.9. The van der Waals surface area contributed by atoms with Gasteiger partial charge in [-0.15, -0.1) is 23.5 Å². The number of cyclic esters (lactones) is 8. The lowest BCUT2D eigenvalue weighted by Crippen LogP contribution is -2.46. The fraction of sp³-hybridized carbons (Fsp3) is 0.794. The van der Waals surface area contributed by atoms with Gasteiger partial charge < -0.3 is 75.8 Å². The van der Waals surface area contributed by atoms with Crippen LogP contribution < -0.4 is 0 Å². The van der Waals surface area contributed by atoms with Crippen LogP contribution in [0.1, 0.15) is 180 Å². The Morgan fingerprint density at radius 1 is 0.312 bits per heavy atom. The van der Waals surface area contributed by atoms with Crippen LogP contribution >= 0.6 is 23.5 Å². The van der Waals surface area contributed by atoms with E-state index in [9.17, 15) is 47.9 Å². The summed E-state index contributed by atoms with van der Waals surface area (Å²) in [7, 11) is 0. The predicted molar refractivity (Wildman–Crippen MR) is 352 cm³/mol. The van der Waals surface area contributed by atoms with E-state index in [0.717, 1.165) is 127 Å². The van der Waals surface area contributed by atoms with E-state index < -0.39 is 82.4 Å². The van der Waals surface area contributed by atoms with Crippen molar-refractivity contribution < 1.29 is 124 Å². The summed E-state index contributed by atoms with van der Waals surface area (Å²) in [6, 6.07) is 0. The minimum atomic E-state index is -1.64. The summed E-state index contributed by atoms with van der Waals surface area (Å²) in [6.45, 7) is 2.56. The number of esters is 10. The molecule has 0 aromatic heterocycles. The van der Waals surface area contributed by atoms with E-state index in [1.165, 1.54) is 23.5 Å². The number of hydrogen-bond acceptors (Lipinski definition) is 28. The molecular formula is C68H108O26S2. The molecule has 96 heavy (non-hydrogen) atoms. The first-order valence-corrected chi connectivity index (χ1v) is 36.8. The maximum Gasteiger partial charge on any atom is 0.338 e. The zero-order valence-electron chi connectivity index (χ0n) is 56.4. The van der Waals surface area contributed by atoms with Crippen LogP contribution in [0.5, 0.6) is 0 Å². The highest BCUT2D eigenvalue weighted by Gasteiger charge is 2.39. The monoisotopic (exact) mass is 1400 g/mol. The first kappa shape index (κ1) is 84.9. The van der Waals surface area contributed by atoms with Crippen molar-refractivity contribution in [2.75, 3.05) is 144 Å². The molecule has 3 heterocycles. The van der Waals surface area contributed by atoms with Crippen molar-refractivity contribution in [2.45, 2.75) is 202 Å². The maximum absolute atomic E-state index is 14.1. The summed E-state index contributed by atoms with van der Waals surface area (Å²) >= 11 is 2.34. The Morgan fingerprint density at radius 2 is 0.552 bits per heavy atom. The molecule has 0 radical (unpaired) electrons. The highest BCUT2D eigenvalue weighted by atomic mass is 32.2. The minimum absolute atomic E-state index is 0.0141. The fourth-order valence-corrected chi connectivity index (χ4v) is 11.5. The van der Waals surface area contributed by atoms with Crippen LogP contribution in [-0.2, 0) is 124 Å². The van der Waals surface area contributed by atoms with Crippen LogP contribution in [0.25, 0.3) is 0 Å². The third-order valence-corrected chi connectivity index (χ3v) is 17.3. The molecule has 0 N–H and O–H groups in total. The van der Waals surface area contributed by atoms with Gasteiger partial charge in [0.15, 0.2) is 12.2 Å². The molecule has 3 aliphatic heterocycles. The van der Waals surface area contributed by atoms with Gasteiger partial charge >= 0.3 is 59.7 Å². The molecule has 0 saturated carbocycles. The summed E-state index contributed by atoms with van der Waals surface area (Å²) in [5.74, 6) is -6.00. The van der Waals surface area contributed by atoms with Crippen molar-refractivity contribution in [2.24, 2.45) is 0 Å². The summed E-state index contributed by atoms with van der Waals surface area (Å²) in [4.78, 5) is 129. The largest absolute Gasteiger partial charge is 0.466 e. The number of rotatable bonds is 12. The van der Waals surface area contributed by atoms with Crippen LogP contribution in [-0.4, -0.2) is 226 Å². The van der Waals surface area contributed by atoms with Crippen molar-refractivity contribution in [3.05, 3.63) is 24.3 Å². The van der Waals surface area contributed by atoms with Crippen molar-refractivity contribution in [1.29, 1.82) is 0 Å². The second-order valence-electron chi connectivity index (χ2n) is 22.8. The molecule has 0 amide bonds. The standard InChI is InChI=1S/C68H108O26S2/c69-57-27-29-59(71)85-33-19-11-5-7-15-23-37-91-65(75)55(53-61(73)87-35-21-13-3-1-9-17-31-83-57)95-51-25-39-93-67(77)63-64(90-50-48-82-46-44-80-42-41-79-43-45-81-47-49-89-63)68(78)94-40-26-52-96-56-54-62(74)88-36-22-14-4-2-10-18-32-84-58(70)28-30-60(72)86-34-20-12-6-8-16-24-38-92-66(56)76/h27-30,55-56,63-64H,1-26,31-54H2/b29-27-,30-28-/t55?,56?,63-,64-/m1/s1. The Kier molecular flexibility index (Phi) is 52.8. The molecule has 1 saturated heterocycles. The van der Waals surface area contributed by atoms with Gasteiger partial charge in [0.25, 0.3) is 0 Å². The number of carbonyl (C=O) groups excluding carboxylic acids is 10. The summed E-state index contributed by atoms with van der Waals surface area (Å²) in [5.41, 5.74) is 0. The van der Waals surface area contributed by atoms with E-state index in [4.69, 9.17) is 75.8 Å². The van der Waals surface area contributed by atoms with Crippen LogP contribution in [0, 0.1) is 0 Å². The maximum atomic E-state index is 14.1. The normalized spacial score (nSPS) is 24.4. The molecule has 2 unspecified atom stereocenters. The van der Waals surface area contributed by atoms with E-state index in [2.05, 4.69) is 0 Å². The molecule has 0 aliphatic carbocycles. The van der Waals surface area contributed by atoms with Gasteiger partial charge in [-0.2, -0.15) is 0 Å². The van der Waals surface area contributed by atoms with Crippen LogP contribution in [0.15, 0.2) is 24.3 Å². The van der Waals surface area contributed by atoms with Gasteiger partial charge in [-0.05, 0) is 75.7 Å². The molecule has 3 rings (SSSR count). The summed E-state index contributed by atoms with van der Waals surface area (Å²) < 4.78 is 88.9. The van der Waals surface area contributed by atoms with E-state index in [-0.39, 0.29) is 156 Å². The van der Waals surface area contributed by atoms with Gasteiger partial charge in [-0.3, -0.25) is 19.2 Å². The third kappa shape index (κ3) is 47.6. The number of carbonyl (C=O) groups is 10. The molecular weight excluding hydrogens is 1300 g/mol. The molecule has 548 valence electrons. The Balaban J connectivity index is 1.62. The van der Waals surface area contributed by atoms with Crippen molar-refractivity contribution in [1.82, 2.24) is 0 Å². The minimum Gasteiger partial charge on any atom is -0.466 e. The molecule has 1 fully saturated rings. The lowest BCUT2D eigenvalue weighted by atomic mass is 10.1. The fourth-order valence-electron chi connectivity index (χ4n) is 9.41. The average Bonchev–Trinajstić information content (AvgIpc) is 0.914. The lowest BCUT2D eigenvalue weighted by Gasteiger charge is -2.25. The van der Waals surface area contributed by atoms with Crippen LogP contribution in [0.3, 0.4) is 0 Å². The molecule has 0 aromatic carbocycles. The van der Waals surface area contributed by atoms with Gasteiger partial charge in [-0.25, -0.2) is 28.8 Å². The highest BCUT2D eigenvalue weighted by Crippen LogP contribution is 2.23. The third-order valence-electron chi connectivity index (χ3n) is 14.7. The summed E-state index contributed by atoms with van der Waals surface area (Å²) in [6.07, 6.45) is 19.4. The molecule has 26 nitrogen and oxygen atoms in total. The second-order valence-corrected chi connectivity index (χ2v) is 25.4. The van der Waals surface area contributed by atoms with E-state index in [1.54, 1.807) is 0 Å². The van der Waals surface area contributed by atoms with Gasteiger partial charge in [-0.1, -0.05) is 103 Å². The zero-order valence-corrected chi connectivity index (χ0v) is 58.0. The number of hydrogen-bond donors (Lipinski definition) is 0. The van der Waals surface area contributed by atoms with E-state index in [1.807, 2.05) is 0 Å². The van der Waals surface area contributed by atoms with Crippen molar-refractivity contribution >= 4 is 83.2 Å². The highest BCUT2D eigenvalue weighted by molar-refractivity contribution is 8.00. The Bertz CT molecular complexity index is 2060. The molecule has 28 heteroatoms. The SMILES string of the molecule is O=C1/C=C\C(=O)OCCCCCCCCOC(=O)C(SCCCOC(=O)[C@@H]2OCCOCCOCCOCCOCCO[C@H]2C(=O)OCCCSC2CC(=O)OCCCCCCCCOC(=O)/C=C\C(=O)OCCCCCCCCOC2=O)CC(=O)OCCCCCCCCO1.